The van der Waals surface area contributed by atoms with Crippen molar-refractivity contribution in [3.63, 3.8) is 0 Å². The number of carbonyl (C=O) groups is 2. The van der Waals surface area contributed by atoms with Crippen molar-refractivity contribution in [3.8, 4) is 0 Å². The fourth-order valence-corrected chi connectivity index (χ4v) is 3.30. The van der Waals surface area contributed by atoms with Gasteiger partial charge in [-0.15, -0.1) is 18.3 Å². The van der Waals surface area contributed by atoms with E-state index in [0.717, 1.165) is 33.8 Å². The molecule has 1 atom stereocenters. The first kappa shape index (κ1) is 28.8. The van der Waals surface area contributed by atoms with Crippen molar-refractivity contribution in [1.82, 2.24) is 5.32 Å². The Labute approximate surface area is 191 Å². The van der Waals surface area contributed by atoms with Crippen LogP contribution in [0.5, 0.6) is 0 Å². The first-order chi connectivity index (χ1) is 14.6. The number of ether oxygens (including phenoxy) is 1. The maximum Gasteiger partial charge on any atom is 0.333 e. The number of amides is 1. The normalized spacial score (nSPS) is 12.4. The molecule has 0 spiro atoms. The first-order valence-corrected chi connectivity index (χ1v) is 11.5. The van der Waals surface area contributed by atoms with Crippen LogP contribution in [0.25, 0.3) is 0 Å². The largest absolute Gasteiger partial charge is 0.479 e. The smallest absolute Gasteiger partial charge is 0.333 e. The molecule has 1 aromatic carbocycles. The minimum Gasteiger partial charge on any atom is -0.479 e. The van der Waals surface area contributed by atoms with Crippen molar-refractivity contribution in [2.24, 2.45) is 5.73 Å². The molecule has 7 heteroatoms. The molecule has 1 amide bonds. The van der Waals surface area contributed by atoms with Gasteiger partial charge in [0.25, 0.3) is 5.91 Å². The highest BCUT2D eigenvalue weighted by Crippen LogP contribution is 2.18. The lowest BCUT2D eigenvalue weighted by Crippen LogP contribution is -2.30. The molecule has 1 unspecified atom stereocenters. The molecule has 174 valence electrons. The molecule has 1 rings (SSSR count). The number of hydrogen-bond donors (Lipinski definition) is 3. The van der Waals surface area contributed by atoms with Gasteiger partial charge < -0.3 is 20.9 Å². The van der Waals surface area contributed by atoms with E-state index in [1.54, 1.807) is 17.8 Å². The number of benzene rings is 1. The molecular formula is C24H38N2O4S. The predicted octanol–water partition coefficient (Wildman–Crippen LogP) is 4.56. The third kappa shape index (κ3) is 11.6. The van der Waals surface area contributed by atoms with E-state index in [9.17, 15) is 14.7 Å². The van der Waals surface area contributed by atoms with Gasteiger partial charge in [0, 0.05) is 17.9 Å². The average molecular weight is 451 g/mol. The van der Waals surface area contributed by atoms with Gasteiger partial charge in [0.05, 0.1) is 6.10 Å². The number of aliphatic carboxylic acids is 1. The van der Waals surface area contributed by atoms with Gasteiger partial charge in [-0.25, -0.2) is 4.79 Å². The summed E-state index contributed by atoms with van der Waals surface area (Å²) in [5, 5.41) is 12.2. The van der Waals surface area contributed by atoms with Crippen LogP contribution in [0.15, 0.2) is 41.5 Å². The van der Waals surface area contributed by atoms with Crippen LogP contribution in [0.2, 0.25) is 0 Å². The average Bonchev–Trinajstić information content (AvgIpc) is 2.71. The standard InChI is InChI=1S/C21H32N2O4S.C3H6/c1-6-9-28-15(5)19(22)20(24)23-12-17-10-16(8-7-14(17)4)11-18(21(25)26)27-13(2)3;1-3-2/h7-8,10,13,18H,6,9,11-12,22H2,1-5H3,(H,23,24)(H,25,26);3H,1H2,2H3/b19-15-;. The van der Waals surface area contributed by atoms with Crippen LogP contribution >= 0.6 is 11.8 Å². The Morgan fingerprint density at radius 2 is 1.97 bits per heavy atom. The quantitative estimate of drug-likeness (QED) is 0.337. The molecular weight excluding hydrogens is 412 g/mol. The second-order valence-corrected chi connectivity index (χ2v) is 8.70. The summed E-state index contributed by atoms with van der Waals surface area (Å²) in [4.78, 5) is 24.5. The molecule has 0 aliphatic heterocycles. The predicted molar refractivity (Wildman–Crippen MR) is 130 cm³/mol. The van der Waals surface area contributed by atoms with Crippen molar-refractivity contribution >= 4 is 23.6 Å². The van der Waals surface area contributed by atoms with Gasteiger partial charge in [-0.1, -0.05) is 31.2 Å². The SMILES string of the molecule is C=CC.CCCS/C(C)=C(\N)C(=O)NCc1cc(CC(OC(C)C)C(=O)O)ccc1C. The number of rotatable bonds is 11. The maximum atomic E-state index is 12.3. The van der Waals surface area contributed by atoms with Crippen LogP contribution in [0.1, 0.15) is 57.7 Å². The van der Waals surface area contributed by atoms with Crippen LogP contribution in [0, 0.1) is 6.92 Å². The molecule has 0 saturated heterocycles. The number of carboxylic acids is 1. The summed E-state index contributed by atoms with van der Waals surface area (Å²) in [6, 6.07) is 5.72. The number of carbonyl (C=O) groups excluding carboxylic acids is 1. The second-order valence-electron chi connectivity index (χ2n) is 7.39. The molecule has 0 radical (unpaired) electrons. The number of aryl methyl sites for hydroxylation is 1. The zero-order valence-corrected chi connectivity index (χ0v) is 20.5. The first-order valence-electron chi connectivity index (χ1n) is 10.5. The van der Waals surface area contributed by atoms with Crippen LogP contribution in [0.4, 0.5) is 0 Å². The highest BCUT2D eigenvalue weighted by Gasteiger charge is 2.20. The van der Waals surface area contributed by atoms with E-state index < -0.39 is 12.1 Å². The second kappa shape index (κ2) is 15.5. The van der Waals surface area contributed by atoms with Gasteiger partial charge in [-0.3, -0.25) is 4.79 Å². The highest BCUT2D eigenvalue weighted by molar-refractivity contribution is 8.03. The van der Waals surface area contributed by atoms with Crippen LogP contribution < -0.4 is 11.1 Å². The summed E-state index contributed by atoms with van der Waals surface area (Å²) in [5.41, 5.74) is 8.97. The summed E-state index contributed by atoms with van der Waals surface area (Å²) in [7, 11) is 0. The third-order valence-electron chi connectivity index (χ3n) is 4.13. The van der Waals surface area contributed by atoms with Gasteiger partial charge in [0.1, 0.15) is 5.70 Å². The monoisotopic (exact) mass is 450 g/mol. The Morgan fingerprint density at radius 3 is 2.48 bits per heavy atom. The van der Waals surface area contributed by atoms with Crippen molar-refractivity contribution in [1.29, 1.82) is 0 Å². The van der Waals surface area contributed by atoms with Crippen molar-refractivity contribution in [2.45, 2.75) is 73.1 Å². The van der Waals surface area contributed by atoms with E-state index in [-0.39, 0.29) is 24.1 Å². The van der Waals surface area contributed by atoms with Gasteiger partial charge in [0.2, 0.25) is 0 Å². The third-order valence-corrected chi connectivity index (χ3v) is 5.40. The minimum atomic E-state index is -0.984. The Kier molecular flexibility index (Phi) is 14.4. The number of thioether (sulfide) groups is 1. The summed E-state index contributed by atoms with van der Waals surface area (Å²) in [5.74, 6) is -0.357. The van der Waals surface area contributed by atoms with E-state index >= 15 is 0 Å². The molecule has 0 heterocycles. The summed E-state index contributed by atoms with van der Waals surface area (Å²) in [6.07, 6.45) is 1.96. The zero-order chi connectivity index (χ0) is 24.0. The molecule has 31 heavy (non-hydrogen) atoms. The summed E-state index contributed by atoms with van der Waals surface area (Å²) < 4.78 is 5.48. The highest BCUT2D eigenvalue weighted by atomic mass is 32.2. The summed E-state index contributed by atoms with van der Waals surface area (Å²) >= 11 is 1.58. The van der Waals surface area contributed by atoms with Gasteiger partial charge in [-0.05, 0) is 63.5 Å². The number of carboxylic acid groups (broad SMARTS) is 1. The fraction of sp³-hybridized carbons (Fsp3) is 0.500. The van der Waals surface area contributed by atoms with E-state index in [1.807, 2.05) is 52.8 Å². The van der Waals surface area contributed by atoms with E-state index in [2.05, 4.69) is 18.8 Å². The van der Waals surface area contributed by atoms with Crippen molar-refractivity contribution in [3.05, 3.63) is 58.1 Å². The minimum absolute atomic E-state index is 0.172. The number of nitrogens with one attached hydrogen (secondary N) is 1. The van der Waals surface area contributed by atoms with Crippen LogP contribution in [0.3, 0.4) is 0 Å². The Bertz CT molecular complexity index is 760. The molecule has 0 saturated carbocycles. The Balaban J connectivity index is 0.00000282. The lowest BCUT2D eigenvalue weighted by Gasteiger charge is -2.17. The van der Waals surface area contributed by atoms with Gasteiger partial charge in [-0.2, -0.15) is 0 Å². The molecule has 0 aromatic heterocycles. The fourth-order valence-electron chi connectivity index (χ4n) is 2.54. The Hall–Kier alpha value is -2.25. The molecule has 6 nitrogen and oxygen atoms in total. The van der Waals surface area contributed by atoms with Gasteiger partial charge in [0.15, 0.2) is 6.10 Å². The number of hydrogen-bond acceptors (Lipinski definition) is 5. The molecule has 0 bridgehead atoms. The molecule has 4 N–H and O–H groups in total. The number of nitrogens with two attached hydrogens (primary N) is 1. The molecule has 0 aliphatic rings. The van der Waals surface area contributed by atoms with E-state index in [1.165, 1.54) is 0 Å². The molecule has 0 fully saturated rings. The number of allylic oxidation sites excluding steroid dienone is 2. The Morgan fingerprint density at radius 1 is 1.35 bits per heavy atom. The van der Waals surface area contributed by atoms with E-state index in [4.69, 9.17) is 10.5 Å². The lowest BCUT2D eigenvalue weighted by atomic mass is 10.0. The molecule has 1 aromatic rings. The van der Waals surface area contributed by atoms with E-state index in [0.29, 0.717) is 6.54 Å². The van der Waals surface area contributed by atoms with Crippen LogP contribution in [-0.4, -0.2) is 34.9 Å². The van der Waals surface area contributed by atoms with Gasteiger partial charge >= 0.3 is 5.97 Å². The van der Waals surface area contributed by atoms with Crippen molar-refractivity contribution < 1.29 is 19.4 Å². The topological polar surface area (TPSA) is 102 Å². The maximum absolute atomic E-state index is 12.3. The van der Waals surface area contributed by atoms with Crippen LogP contribution in [-0.2, 0) is 27.3 Å². The summed E-state index contributed by atoms with van der Waals surface area (Å²) in [6.45, 7) is 15.1. The van der Waals surface area contributed by atoms with Crippen molar-refractivity contribution in [2.75, 3.05) is 5.75 Å². The molecule has 0 aliphatic carbocycles. The zero-order valence-electron chi connectivity index (χ0n) is 19.7. The lowest BCUT2D eigenvalue weighted by molar-refractivity contribution is -0.153.